The predicted molar refractivity (Wildman–Crippen MR) is 79.6 cm³/mol. The van der Waals surface area contributed by atoms with E-state index in [4.69, 9.17) is 0 Å². The monoisotopic (exact) mass is 338 g/mol. The topological polar surface area (TPSA) is 42.0 Å². The van der Waals surface area contributed by atoms with Gasteiger partial charge in [0.2, 0.25) is 0 Å². The van der Waals surface area contributed by atoms with Gasteiger partial charge < -0.3 is 5.32 Å². The molecule has 3 aromatic rings. The summed E-state index contributed by atoms with van der Waals surface area (Å²) in [6, 6.07) is 7.56. The van der Waals surface area contributed by atoms with Gasteiger partial charge in [-0.25, -0.2) is 4.98 Å². The Bertz CT molecular complexity index is 674. The minimum Gasteiger partial charge on any atom is -0.320 e. The van der Waals surface area contributed by atoms with Gasteiger partial charge in [0.15, 0.2) is 0 Å². The molecule has 0 radical (unpaired) electrons. The summed E-state index contributed by atoms with van der Waals surface area (Å²) in [6.45, 7) is 0. The van der Waals surface area contributed by atoms with Crippen molar-refractivity contribution in [3.8, 4) is 0 Å². The van der Waals surface area contributed by atoms with E-state index in [1.165, 1.54) is 11.3 Å². The van der Waals surface area contributed by atoms with E-state index < -0.39 is 0 Å². The Morgan fingerprint density at radius 2 is 2.17 bits per heavy atom. The lowest BCUT2D eigenvalue weighted by molar-refractivity contribution is 0.103. The first-order valence-electron chi connectivity index (χ1n) is 5.12. The van der Waals surface area contributed by atoms with Crippen molar-refractivity contribution in [2.75, 3.05) is 5.32 Å². The molecular formula is C12H7BrN2OS2. The van der Waals surface area contributed by atoms with Crippen molar-refractivity contribution in [1.82, 2.24) is 4.98 Å². The Hall–Kier alpha value is -1.24. The zero-order valence-electron chi connectivity index (χ0n) is 9.01. The van der Waals surface area contributed by atoms with Gasteiger partial charge in [-0.3, -0.25) is 4.79 Å². The predicted octanol–water partition coefficient (Wildman–Crippen LogP) is 4.37. The van der Waals surface area contributed by atoms with Gasteiger partial charge in [-0.15, -0.1) is 22.7 Å². The Morgan fingerprint density at radius 3 is 2.89 bits per heavy atom. The van der Waals surface area contributed by atoms with Crippen LogP contribution in [0.5, 0.6) is 0 Å². The number of nitrogens with one attached hydrogen (secondary N) is 1. The van der Waals surface area contributed by atoms with Gasteiger partial charge in [0.25, 0.3) is 5.91 Å². The Morgan fingerprint density at radius 1 is 1.28 bits per heavy atom. The van der Waals surface area contributed by atoms with Gasteiger partial charge in [0, 0.05) is 9.40 Å². The van der Waals surface area contributed by atoms with Crippen molar-refractivity contribution in [1.29, 1.82) is 0 Å². The molecule has 1 N–H and O–H groups in total. The van der Waals surface area contributed by atoms with Gasteiger partial charge in [-0.1, -0.05) is 0 Å². The maximum atomic E-state index is 12.0. The van der Waals surface area contributed by atoms with E-state index in [0.29, 0.717) is 5.69 Å². The molecule has 90 valence electrons. The number of carbonyl (C=O) groups is 1. The van der Waals surface area contributed by atoms with Crippen LogP contribution in [-0.4, -0.2) is 10.9 Å². The summed E-state index contributed by atoms with van der Waals surface area (Å²) >= 11 is 6.40. The number of fused-ring (bicyclic) bond motifs is 1. The van der Waals surface area contributed by atoms with Gasteiger partial charge >= 0.3 is 0 Å². The maximum Gasteiger partial charge on any atom is 0.265 e. The molecule has 0 fully saturated rings. The van der Waals surface area contributed by atoms with Crippen LogP contribution in [0.1, 0.15) is 9.67 Å². The standard InChI is InChI=1S/C12H7BrN2OS2/c13-11-2-1-7(6-14-11)15-12(16)10-5-9-8(18-10)3-4-17-9/h1-6H,(H,15,16). The molecule has 0 atom stereocenters. The van der Waals surface area contributed by atoms with E-state index in [9.17, 15) is 4.79 Å². The molecule has 0 saturated carbocycles. The van der Waals surface area contributed by atoms with Crippen LogP contribution in [0.3, 0.4) is 0 Å². The molecule has 0 unspecified atom stereocenters. The number of hydrogen-bond donors (Lipinski definition) is 1. The second-order valence-corrected chi connectivity index (χ2v) is 6.43. The zero-order chi connectivity index (χ0) is 12.5. The van der Waals surface area contributed by atoms with Crippen molar-refractivity contribution < 1.29 is 4.79 Å². The summed E-state index contributed by atoms with van der Waals surface area (Å²) in [4.78, 5) is 16.8. The number of anilines is 1. The first-order chi connectivity index (χ1) is 8.72. The maximum absolute atomic E-state index is 12.0. The molecule has 18 heavy (non-hydrogen) atoms. The molecule has 0 aliphatic carbocycles. The lowest BCUT2D eigenvalue weighted by atomic mass is 10.4. The molecular weight excluding hydrogens is 332 g/mol. The highest BCUT2D eigenvalue weighted by atomic mass is 79.9. The molecule has 3 heterocycles. The van der Waals surface area contributed by atoms with Gasteiger partial charge in [-0.05, 0) is 45.6 Å². The number of amides is 1. The average Bonchev–Trinajstić information content (AvgIpc) is 2.92. The van der Waals surface area contributed by atoms with E-state index >= 15 is 0 Å². The first kappa shape index (κ1) is 11.8. The van der Waals surface area contributed by atoms with Crippen LogP contribution < -0.4 is 5.32 Å². The molecule has 1 amide bonds. The summed E-state index contributed by atoms with van der Waals surface area (Å²) in [5.74, 6) is -0.0903. The van der Waals surface area contributed by atoms with E-state index in [2.05, 4.69) is 26.2 Å². The molecule has 0 saturated heterocycles. The molecule has 3 aromatic heterocycles. The summed E-state index contributed by atoms with van der Waals surface area (Å²) in [7, 11) is 0. The highest BCUT2D eigenvalue weighted by Gasteiger charge is 2.11. The Kier molecular flexibility index (Phi) is 3.15. The number of hydrogen-bond acceptors (Lipinski definition) is 4. The lowest BCUT2D eigenvalue weighted by Crippen LogP contribution is -2.10. The Balaban J connectivity index is 1.82. The van der Waals surface area contributed by atoms with Crippen LogP contribution in [0.2, 0.25) is 0 Å². The summed E-state index contributed by atoms with van der Waals surface area (Å²) in [5.41, 5.74) is 0.694. The van der Waals surface area contributed by atoms with Crippen molar-refractivity contribution in [2.24, 2.45) is 0 Å². The largest absolute Gasteiger partial charge is 0.320 e. The average molecular weight is 339 g/mol. The molecule has 3 nitrogen and oxygen atoms in total. The second kappa shape index (κ2) is 4.79. The molecule has 6 heteroatoms. The van der Waals surface area contributed by atoms with Gasteiger partial charge in [0.05, 0.1) is 16.8 Å². The van der Waals surface area contributed by atoms with E-state index in [0.717, 1.165) is 18.9 Å². The third-order valence-electron chi connectivity index (χ3n) is 2.35. The number of halogens is 1. The molecule has 0 spiro atoms. The number of nitrogens with zero attached hydrogens (tertiary/aromatic N) is 1. The number of carbonyl (C=O) groups excluding carboxylic acids is 1. The molecule has 0 aliphatic heterocycles. The third kappa shape index (κ3) is 2.31. The summed E-state index contributed by atoms with van der Waals surface area (Å²) in [6.07, 6.45) is 1.62. The van der Waals surface area contributed by atoms with Gasteiger partial charge in [0.1, 0.15) is 4.60 Å². The van der Waals surface area contributed by atoms with Gasteiger partial charge in [-0.2, -0.15) is 0 Å². The van der Waals surface area contributed by atoms with Crippen molar-refractivity contribution in [3.05, 3.63) is 45.3 Å². The quantitative estimate of drug-likeness (QED) is 0.705. The van der Waals surface area contributed by atoms with Crippen molar-refractivity contribution in [2.45, 2.75) is 0 Å². The zero-order valence-corrected chi connectivity index (χ0v) is 12.2. The lowest BCUT2D eigenvalue weighted by Gasteiger charge is -2.02. The third-order valence-corrected chi connectivity index (χ3v) is 4.91. The highest BCUT2D eigenvalue weighted by Crippen LogP contribution is 2.30. The molecule has 3 rings (SSSR count). The molecule has 0 aliphatic rings. The van der Waals surface area contributed by atoms with Crippen LogP contribution in [0.15, 0.2) is 40.4 Å². The number of thiophene rings is 2. The second-order valence-electron chi connectivity index (χ2n) is 3.58. The minimum atomic E-state index is -0.0903. The van der Waals surface area contributed by atoms with E-state index in [1.54, 1.807) is 23.6 Å². The van der Waals surface area contributed by atoms with Crippen molar-refractivity contribution >= 4 is 59.6 Å². The van der Waals surface area contributed by atoms with E-state index in [1.807, 2.05) is 23.6 Å². The smallest absolute Gasteiger partial charge is 0.265 e. The van der Waals surface area contributed by atoms with E-state index in [-0.39, 0.29) is 5.91 Å². The van der Waals surface area contributed by atoms with Crippen LogP contribution in [0, 0.1) is 0 Å². The van der Waals surface area contributed by atoms with Crippen LogP contribution in [0.25, 0.3) is 9.40 Å². The summed E-state index contributed by atoms with van der Waals surface area (Å²) in [5, 5.41) is 4.86. The summed E-state index contributed by atoms with van der Waals surface area (Å²) < 4.78 is 3.05. The van der Waals surface area contributed by atoms with Crippen LogP contribution >= 0.6 is 38.6 Å². The fourth-order valence-electron chi connectivity index (χ4n) is 1.52. The first-order valence-corrected chi connectivity index (χ1v) is 7.61. The normalized spacial score (nSPS) is 10.7. The highest BCUT2D eigenvalue weighted by molar-refractivity contribution is 9.10. The SMILES string of the molecule is O=C(Nc1ccc(Br)nc1)c1cc2sccc2s1. The fraction of sp³-hybridized carbons (Fsp3) is 0. The number of rotatable bonds is 2. The number of aromatic nitrogens is 1. The van der Waals surface area contributed by atoms with Crippen LogP contribution in [-0.2, 0) is 0 Å². The molecule has 0 aromatic carbocycles. The van der Waals surface area contributed by atoms with Crippen molar-refractivity contribution in [3.63, 3.8) is 0 Å². The van der Waals surface area contributed by atoms with Crippen LogP contribution in [0.4, 0.5) is 5.69 Å². The Labute approximate surface area is 120 Å². The number of pyridine rings is 1. The fourth-order valence-corrected chi connectivity index (χ4v) is 3.76. The minimum absolute atomic E-state index is 0.0903. The molecule has 0 bridgehead atoms.